The number of aromatic nitrogens is 1. The molecule has 0 fully saturated rings. The van der Waals surface area contributed by atoms with Crippen LogP contribution in [0, 0.1) is 5.92 Å². The van der Waals surface area contributed by atoms with Gasteiger partial charge in [0.15, 0.2) is 0 Å². The number of aliphatic carboxylic acids is 1. The molecule has 5 nitrogen and oxygen atoms in total. The average Bonchev–Trinajstić information content (AvgIpc) is 3.11. The standard InChI is InChI=1S/C27H32N2O3/c1-29-25-14-8-7-13-22(25)23-16-15-20(18-26(23)29)24(28-32)17-21(27(30)31)12-6-5-11-19-9-3-2-4-10-19/h2-4,9-10,15-16,18,21,32H,5-8,11-14,17H2,1H3,(H,30,31)/b28-24-. The van der Waals surface area contributed by atoms with Crippen LogP contribution < -0.4 is 0 Å². The maximum Gasteiger partial charge on any atom is 0.306 e. The van der Waals surface area contributed by atoms with Crippen LogP contribution in [0.15, 0.2) is 53.7 Å². The molecular weight excluding hydrogens is 400 g/mol. The first-order chi connectivity index (χ1) is 15.6. The van der Waals surface area contributed by atoms with Crippen molar-refractivity contribution in [3.8, 4) is 0 Å². The Hall–Kier alpha value is -3.08. The van der Waals surface area contributed by atoms with Crippen LogP contribution in [-0.2, 0) is 31.1 Å². The molecule has 1 atom stereocenters. The third-order valence-corrected chi connectivity index (χ3v) is 6.88. The van der Waals surface area contributed by atoms with E-state index in [4.69, 9.17) is 0 Å². The zero-order valence-corrected chi connectivity index (χ0v) is 18.8. The van der Waals surface area contributed by atoms with Gasteiger partial charge in [0, 0.05) is 35.6 Å². The summed E-state index contributed by atoms with van der Waals surface area (Å²) in [6.45, 7) is 0. The fraction of sp³-hybridized carbons (Fsp3) is 0.407. The Morgan fingerprint density at radius 3 is 2.62 bits per heavy atom. The lowest BCUT2D eigenvalue weighted by atomic mass is 9.91. The molecule has 1 heterocycles. The molecule has 0 bridgehead atoms. The van der Waals surface area contributed by atoms with E-state index < -0.39 is 11.9 Å². The fourth-order valence-corrected chi connectivity index (χ4v) is 5.07. The lowest BCUT2D eigenvalue weighted by molar-refractivity contribution is -0.141. The van der Waals surface area contributed by atoms with Gasteiger partial charge in [0.2, 0.25) is 0 Å². The third-order valence-electron chi connectivity index (χ3n) is 6.88. The number of carboxylic acids is 1. The van der Waals surface area contributed by atoms with Gasteiger partial charge in [-0.1, -0.05) is 54.0 Å². The lowest BCUT2D eigenvalue weighted by Gasteiger charge is -2.14. The van der Waals surface area contributed by atoms with E-state index in [1.807, 2.05) is 24.3 Å². The smallest absolute Gasteiger partial charge is 0.306 e. The first-order valence-electron chi connectivity index (χ1n) is 11.7. The summed E-state index contributed by atoms with van der Waals surface area (Å²) < 4.78 is 2.25. The highest BCUT2D eigenvalue weighted by atomic mass is 16.4. The number of fused-ring (bicyclic) bond motifs is 3. The van der Waals surface area contributed by atoms with Gasteiger partial charge in [-0.15, -0.1) is 0 Å². The summed E-state index contributed by atoms with van der Waals surface area (Å²) in [5, 5.41) is 24.3. The van der Waals surface area contributed by atoms with Gasteiger partial charge in [-0.05, 0) is 62.1 Å². The molecule has 2 N–H and O–H groups in total. The summed E-state index contributed by atoms with van der Waals surface area (Å²) in [6, 6.07) is 16.4. The SMILES string of the molecule is Cn1c2c(c3ccc(/C(CC(CCCCc4ccccc4)C(=O)O)=N\O)cc31)CCCC2. The van der Waals surface area contributed by atoms with Crippen molar-refractivity contribution in [1.29, 1.82) is 0 Å². The predicted molar refractivity (Wildman–Crippen MR) is 128 cm³/mol. The number of hydrogen-bond donors (Lipinski definition) is 2. The van der Waals surface area contributed by atoms with E-state index in [-0.39, 0.29) is 6.42 Å². The van der Waals surface area contributed by atoms with E-state index in [0.29, 0.717) is 12.1 Å². The molecular formula is C27H32N2O3. The van der Waals surface area contributed by atoms with Gasteiger partial charge >= 0.3 is 5.97 Å². The van der Waals surface area contributed by atoms with E-state index in [9.17, 15) is 15.1 Å². The molecule has 0 saturated heterocycles. The van der Waals surface area contributed by atoms with Gasteiger partial charge in [0.1, 0.15) is 0 Å². The predicted octanol–water partition coefficient (Wildman–Crippen LogP) is 5.74. The minimum absolute atomic E-state index is 0.229. The van der Waals surface area contributed by atoms with Gasteiger partial charge in [0.05, 0.1) is 11.6 Å². The number of carbonyl (C=O) groups is 1. The summed E-state index contributed by atoms with van der Waals surface area (Å²) in [4.78, 5) is 11.9. The molecule has 0 spiro atoms. The summed E-state index contributed by atoms with van der Waals surface area (Å²) in [6.07, 6.45) is 8.17. The number of unbranched alkanes of at least 4 members (excludes halogenated alkanes) is 1. The Labute approximate surface area is 189 Å². The molecule has 32 heavy (non-hydrogen) atoms. The Balaban J connectivity index is 1.45. The van der Waals surface area contributed by atoms with Crippen LogP contribution in [0.3, 0.4) is 0 Å². The monoisotopic (exact) mass is 432 g/mol. The molecule has 3 aromatic rings. The minimum atomic E-state index is -0.832. The number of nitrogens with zero attached hydrogens (tertiary/aromatic N) is 2. The van der Waals surface area contributed by atoms with Crippen LogP contribution in [0.5, 0.6) is 0 Å². The van der Waals surface area contributed by atoms with E-state index in [2.05, 4.69) is 41.0 Å². The van der Waals surface area contributed by atoms with Crippen LogP contribution in [-0.4, -0.2) is 26.6 Å². The topological polar surface area (TPSA) is 74.8 Å². The number of carboxylic acid groups (broad SMARTS) is 1. The molecule has 1 aliphatic carbocycles. The number of oxime groups is 1. The molecule has 2 aromatic carbocycles. The molecule has 5 heteroatoms. The van der Waals surface area contributed by atoms with Crippen molar-refractivity contribution in [3.63, 3.8) is 0 Å². The van der Waals surface area contributed by atoms with Crippen molar-refractivity contribution >= 4 is 22.6 Å². The second-order valence-electron chi connectivity index (χ2n) is 8.94. The maximum atomic E-state index is 11.9. The average molecular weight is 433 g/mol. The summed E-state index contributed by atoms with van der Waals surface area (Å²) in [7, 11) is 2.10. The molecule has 0 radical (unpaired) electrons. The molecule has 168 valence electrons. The zero-order chi connectivity index (χ0) is 22.5. The van der Waals surface area contributed by atoms with Crippen LogP contribution in [0.2, 0.25) is 0 Å². The highest BCUT2D eigenvalue weighted by Crippen LogP contribution is 2.32. The fourth-order valence-electron chi connectivity index (χ4n) is 5.07. The van der Waals surface area contributed by atoms with Crippen LogP contribution in [0.1, 0.15) is 60.9 Å². The highest BCUT2D eigenvalue weighted by molar-refractivity contribution is 6.04. The number of hydrogen-bond acceptors (Lipinski definition) is 3. The first kappa shape index (κ1) is 22.1. The first-order valence-corrected chi connectivity index (χ1v) is 11.7. The lowest BCUT2D eigenvalue weighted by Crippen LogP contribution is -2.19. The second kappa shape index (κ2) is 10.0. The number of aryl methyl sites for hydroxylation is 3. The molecule has 1 aliphatic rings. The van der Waals surface area contributed by atoms with Gasteiger partial charge in [-0.2, -0.15) is 0 Å². The summed E-state index contributed by atoms with van der Waals surface area (Å²) in [5.74, 6) is -1.39. The Morgan fingerprint density at radius 1 is 1.09 bits per heavy atom. The van der Waals surface area contributed by atoms with Crippen LogP contribution in [0.4, 0.5) is 0 Å². The Morgan fingerprint density at radius 2 is 1.88 bits per heavy atom. The molecule has 1 aromatic heterocycles. The largest absolute Gasteiger partial charge is 0.481 e. The van der Waals surface area contributed by atoms with Crippen molar-refractivity contribution in [1.82, 2.24) is 4.57 Å². The quantitative estimate of drug-likeness (QED) is 0.196. The second-order valence-corrected chi connectivity index (χ2v) is 8.94. The molecule has 1 unspecified atom stereocenters. The van der Waals surface area contributed by atoms with Gasteiger partial charge in [-0.25, -0.2) is 0 Å². The Bertz CT molecular complexity index is 1110. The third kappa shape index (κ3) is 4.72. The summed E-state index contributed by atoms with van der Waals surface area (Å²) in [5.41, 5.74) is 6.48. The van der Waals surface area contributed by atoms with Crippen molar-refractivity contribution in [3.05, 3.63) is 70.9 Å². The normalized spacial score (nSPS) is 15.0. The van der Waals surface area contributed by atoms with Crippen molar-refractivity contribution < 1.29 is 15.1 Å². The molecule has 0 amide bonds. The van der Waals surface area contributed by atoms with Crippen molar-refractivity contribution in [2.24, 2.45) is 18.1 Å². The van der Waals surface area contributed by atoms with E-state index in [1.54, 1.807) is 0 Å². The zero-order valence-electron chi connectivity index (χ0n) is 18.8. The molecule has 4 rings (SSSR count). The number of rotatable bonds is 9. The van der Waals surface area contributed by atoms with Crippen LogP contribution >= 0.6 is 0 Å². The van der Waals surface area contributed by atoms with Crippen molar-refractivity contribution in [2.45, 2.75) is 57.8 Å². The highest BCUT2D eigenvalue weighted by Gasteiger charge is 2.23. The molecule has 0 aliphatic heterocycles. The van der Waals surface area contributed by atoms with Crippen molar-refractivity contribution in [2.75, 3.05) is 0 Å². The van der Waals surface area contributed by atoms with E-state index in [0.717, 1.165) is 43.2 Å². The maximum absolute atomic E-state index is 11.9. The van der Waals surface area contributed by atoms with Gasteiger partial charge in [0.25, 0.3) is 0 Å². The number of benzene rings is 2. The molecule has 0 saturated carbocycles. The Kier molecular flexibility index (Phi) is 6.93. The van der Waals surface area contributed by atoms with E-state index >= 15 is 0 Å². The van der Waals surface area contributed by atoms with Gasteiger partial charge in [-0.3, -0.25) is 4.79 Å². The minimum Gasteiger partial charge on any atom is -0.481 e. The van der Waals surface area contributed by atoms with Gasteiger partial charge < -0.3 is 14.9 Å². The summed E-state index contributed by atoms with van der Waals surface area (Å²) >= 11 is 0. The van der Waals surface area contributed by atoms with E-state index in [1.165, 1.54) is 35.0 Å². The van der Waals surface area contributed by atoms with Crippen LogP contribution in [0.25, 0.3) is 10.9 Å².